The molecule has 1 nitrogen and oxygen atoms in total. The predicted molar refractivity (Wildman–Crippen MR) is 68.9 cm³/mol. The summed E-state index contributed by atoms with van der Waals surface area (Å²) in [7, 11) is 0. The molecular formula is C13H16Cl2O. The van der Waals surface area contributed by atoms with Crippen LogP contribution < -0.4 is 4.74 Å². The van der Waals surface area contributed by atoms with Crippen molar-refractivity contribution in [3.63, 3.8) is 0 Å². The fraction of sp³-hybridized carbons (Fsp3) is 0.538. The molecule has 16 heavy (non-hydrogen) atoms. The molecule has 1 unspecified atom stereocenters. The summed E-state index contributed by atoms with van der Waals surface area (Å²) in [6.07, 6.45) is 4.10. The predicted octanol–water partition coefficient (Wildman–Crippen LogP) is 4.22. The van der Waals surface area contributed by atoms with Gasteiger partial charge in [-0.15, -0.1) is 11.6 Å². The van der Waals surface area contributed by atoms with Gasteiger partial charge in [0, 0.05) is 16.8 Å². The van der Waals surface area contributed by atoms with Crippen LogP contribution in [-0.4, -0.2) is 12.0 Å². The zero-order valence-corrected chi connectivity index (χ0v) is 10.9. The van der Waals surface area contributed by atoms with Gasteiger partial charge in [0.1, 0.15) is 5.75 Å². The maximum atomic E-state index is 6.09. The Hall–Kier alpha value is -0.400. The fourth-order valence-electron chi connectivity index (χ4n) is 2.11. The van der Waals surface area contributed by atoms with E-state index in [0.717, 1.165) is 43.1 Å². The Labute approximate surface area is 107 Å². The minimum atomic E-state index is 0.244. The molecule has 0 fully saturated rings. The number of ether oxygens (including phenoxy) is 1. The van der Waals surface area contributed by atoms with E-state index in [2.05, 4.69) is 0 Å². The summed E-state index contributed by atoms with van der Waals surface area (Å²) in [5, 5.41) is 1.06. The lowest BCUT2D eigenvalue weighted by atomic mass is 10.0. The van der Waals surface area contributed by atoms with Crippen molar-refractivity contribution < 1.29 is 4.74 Å². The van der Waals surface area contributed by atoms with E-state index in [1.165, 1.54) is 11.1 Å². The summed E-state index contributed by atoms with van der Waals surface area (Å²) in [4.78, 5) is 0. The van der Waals surface area contributed by atoms with Crippen molar-refractivity contribution >= 4 is 23.2 Å². The summed E-state index contributed by atoms with van der Waals surface area (Å²) >= 11 is 12.0. The van der Waals surface area contributed by atoms with Crippen molar-refractivity contribution in [2.45, 2.75) is 38.0 Å². The molecule has 1 aromatic carbocycles. The summed E-state index contributed by atoms with van der Waals surface area (Å²) in [6.45, 7) is 2.81. The van der Waals surface area contributed by atoms with Gasteiger partial charge in [0.25, 0.3) is 0 Å². The number of fused-ring (bicyclic) bond motifs is 1. The highest BCUT2D eigenvalue weighted by Crippen LogP contribution is 2.33. The van der Waals surface area contributed by atoms with Gasteiger partial charge in [-0.3, -0.25) is 0 Å². The molecule has 1 aliphatic rings. The maximum absolute atomic E-state index is 6.09. The summed E-state index contributed by atoms with van der Waals surface area (Å²) in [5.41, 5.74) is 2.48. The van der Waals surface area contributed by atoms with Crippen LogP contribution >= 0.6 is 23.2 Å². The normalized spacial score (nSPS) is 15.7. The first-order chi connectivity index (χ1) is 7.66. The lowest BCUT2D eigenvalue weighted by Crippen LogP contribution is -1.96. The lowest BCUT2D eigenvalue weighted by molar-refractivity contribution is 0.353. The molecule has 3 heteroatoms. The standard InChI is InChI=1S/C13H16Cl2O/c1-9(14)3-2-4-10-7-12(15)8-11-5-6-16-13(10)11/h7-9H,2-6H2,1H3. The molecule has 1 atom stereocenters. The van der Waals surface area contributed by atoms with Gasteiger partial charge in [0.2, 0.25) is 0 Å². The first-order valence-electron chi connectivity index (χ1n) is 5.75. The molecule has 0 spiro atoms. The second-order valence-electron chi connectivity index (χ2n) is 4.32. The van der Waals surface area contributed by atoms with Crippen molar-refractivity contribution in [2.24, 2.45) is 0 Å². The average Bonchev–Trinajstić information content (AvgIpc) is 2.64. The topological polar surface area (TPSA) is 9.23 Å². The molecule has 0 saturated carbocycles. The van der Waals surface area contributed by atoms with Crippen LogP contribution in [0.4, 0.5) is 0 Å². The molecule has 0 amide bonds. The molecule has 0 aromatic heterocycles. The van der Waals surface area contributed by atoms with Crippen LogP contribution in [0, 0.1) is 0 Å². The van der Waals surface area contributed by atoms with Crippen molar-refractivity contribution in [3.8, 4) is 5.75 Å². The van der Waals surface area contributed by atoms with E-state index in [1.54, 1.807) is 0 Å². The van der Waals surface area contributed by atoms with Crippen LogP contribution in [0.2, 0.25) is 5.02 Å². The third-order valence-electron chi connectivity index (χ3n) is 2.87. The Morgan fingerprint density at radius 2 is 2.25 bits per heavy atom. The van der Waals surface area contributed by atoms with Crippen LogP contribution in [0.15, 0.2) is 12.1 Å². The van der Waals surface area contributed by atoms with Crippen LogP contribution in [0.1, 0.15) is 30.9 Å². The summed E-state index contributed by atoms with van der Waals surface area (Å²) in [6, 6.07) is 4.03. The molecular weight excluding hydrogens is 243 g/mol. The van der Waals surface area contributed by atoms with E-state index < -0.39 is 0 Å². The Morgan fingerprint density at radius 3 is 3.00 bits per heavy atom. The lowest BCUT2D eigenvalue weighted by Gasteiger charge is -2.09. The van der Waals surface area contributed by atoms with Crippen molar-refractivity contribution in [2.75, 3.05) is 6.61 Å². The van der Waals surface area contributed by atoms with Gasteiger partial charge in [-0.05, 0) is 49.4 Å². The molecule has 0 bridgehead atoms. The number of halogens is 2. The number of rotatable bonds is 4. The van der Waals surface area contributed by atoms with Gasteiger partial charge < -0.3 is 4.74 Å². The van der Waals surface area contributed by atoms with Crippen molar-refractivity contribution in [3.05, 3.63) is 28.3 Å². The second-order valence-corrected chi connectivity index (χ2v) is 5.51. The van der Waals surface area contributed by atoms with Crippen molar-refractivity contribution in [1.82, 2.24) is 0 Å². The number of benzene rings is 1. The van der Waals surface area contributed by atoms with E-state index in [-0.39, 0.29) is 5.38 Å². The Kier molecular flexibility index (Phi) is 3.99. The largest absolute Gasteiger partial charge is 0.493 e. The van der Waals surface area contributed by atoms with Gasteiger partial charge in [-0.1, -0.05) is 11.6 Å². The smallest absolute Gasteiger partial charge is 0.125 e. The molecule has 0 N–H and O–H groups in total. The zero-order chi connectivity index (χ0) is 11.5. The van der Waals surface area contributed by atoms with E-state index in [0.29, 0.717) is 0 Å². The van der Waals surface area contributed by atoms with E-state index in [4.69, 9.17) is 27.9 Å². The van der Waals surface area contributed by atoms with Crippen LogP contribution in [-0.2, 0) is 12.8 Å². The number of alkyl halides is 1. The monoisotopic (exact) mass is 258 g/mol. The van der Waals surface area contributed by atoms with Crippen LogP contribution in [0.25, 0.3) is 0 Å². The highest BCUT2D eigenvalue weighted by Gasteiger charge is 2.17. The molecule has 0 aliphatic carbocycles. The van der Waals surface area contributed by atoms with E-state index >= 15 is 0 Å². The number of aryl methyl sites for hydroxylation is 1. The second kappa shape index (κ2) is 5.29. The van der Waals surface area contributed by atoms with Gasteiger partial charge in [0.15, 0.2) is 0 Å². The third kappa shape index (κ3) is 2.83. The maximum Gasteiger partial charge on any atom is 0.125 e. The fourth-order valence-corrected chi connectivity index (χ4v) is 2.52. The van der Waals surface area contributed by atoms with Gasteiger partial charge in [-0.2, -0.15) is 0 Å². The minimum Gasteiger partial charge on any atom is -0.493 e. The Bertz CT molecular complexity index is 374. The average molecular weight is 259 g/mol. The quantitative estimate of drug-likeness (QED) is 0.735. The molecule has 1 aromatic rings. The zero-order valence-electron chi connectivity index (χ0n) is 9.43. The number of hydrogen-bond acceptors (Lipinski definition) is 1. The van der Waals surface area contributed by atoms with Crippen LogP contribution in [0.5, 0.6) is 5.75 Å². The molecule has 0 radical (unpaired) electrons. The molecule has 0 saturated heterocycles. The van der Waals surface area contributed by atoms with Crippen molar-refractivity contribution in [1.29, 1.82) is 0 Å². The first kappa shape index (κ1) is 12.1. The summed E-state index contributed by atoms with van der Waals surface area (Å²) in [5.74, 6) is 1.06. The summed E-state index contributed by atoms with van der Waals surface area (Å²) < 4.78 is 5.65. The Morgan fingerprint density at radius 1 is 1.44 bits per heavy atom. The van der Waals surface area contributed by atoms with E-state index in [9.17, 15) is 0 Å². The van der Waals surface area contributed by atoms with Gasteiger partial charge in [0.05, 0.1) is 6.61 Å². The molecule has 1 heterocycles. The molecule has 1 aliphatic heterocycles. The first-order valence-corrected chi connectivity index (χ1v) is 6.56. The highest BCUT2D eigenvalue weighted by atomic mass is 35.5. The van der Waals surface area contributed by atoms with E-state index in [1.807, 2.05) is 19.1 Å². The van der Waals surface area contributed by atoms with Gasteiger partial charge in [-0.25, -0.2) is 0 Å². The molecule has 2 rings (SSSR count). The third-order valence-corrected chi connectivity index (χ3v) is 3.31. The SMILES string of the molecule is CC(Cl)CCCc1cc(Cl)cc2c1OCC2. The number of hydrogen-bond donors (Lipinski definition) is 0. The minimum absolute atomic E-state index is 0.244. The highest BCUT2D eigenvalue weighted by molar-refractivity contribution is 6.30. The van der Waals surface area contributed by atoms with Gasteiger partial charge >= 0.3 is 0 Å². The van der Waals surface area contributed by atoms with Crippen LogP contribution in [0.3, 0.4) is 0 Å². The molecule has 88 valence electrons. The Balaban J connectivity index is 2.08.